The Labute approximate surface area is 129 Å². The van der Waals surface area contributed by atoms with E-state index < -0.39 is 11.4 Å². The number of aliphatic carboxylic acids is 1. The van der Waals surface area contributed by atoms with Crippen LogP contribution in [0.3, 0.4) is 0 Å². The van der Waals surface area contributed by atoms with Crippen LogP contribution in [0.5, 0.6) is 5.75 Å². The Balaban J connectivity index is 2.51. The van der Waals surface area contributed by atoms with E-state index in [0.717, 1.165) is 0 Å². The third-order valence-electron chi connectivity index (χ3n) is 3.63. The van der Waals surface area contributed by atoms with Crippen molar-refractivity contribution >= 4 is 23.5 Å². The predicted molar refractivity (Wildman–Crippen MR) is 80.6 cm³/mol. The molecule has 5 nitrogen and oxygen atoms in total. The van der Waals surface area contributed by atoms with Gasteiger partial charge in [0.05, 0.1) is 10.4 Å². The van der Waals surface area contributed by atoms with Crippen molar-refractivity contribution in [1.29, 1.82) is 0 Å². The third kappa shape index (κ3) is 4.63. The highest BCUT2D eigenvalue weighted by molar-refractivity contribution is 6.32. The number of hydrogen-bond donors (Lipinski definition) is 2. The van der Waals surface area contributed by atoms with E-state index in [1.54, 1.807) is 38.1 Å². The Bertz CT molecular complexity index is 500. The summed E-state index contributed by atoms with van der Waals surface area (Å²) in [4.78, 5) is 23.1. The summed E-state index contributed by atoms with van der Waals surface area (Å²) in [5, 5.41) is 12.3. The van der Waals surface area contributed by atoms with Crippen LogP contribution in [0.2, 0.25) is 5.02 Å². The van der Waals surface area contributed by atoms with Gasteiger partial charge in [0.1, 0.15) is 5.75 Å². The summed E-state index contributed by atoms with van der Waals surface area (Å²) in [5.74, 6) is -0.855. The van der Waals surface area contributed by atoms with Gasteiger partial charge in [-0.2, -0.15) is 0 Å². The SMILES string of the molecule is CCC(CC)(CNC(=O)COc1ccccc1Cl)C(=O)O. The Kier molecular flexibility index (Phi) is 6.49. The first-order valence-corrected chi connectivity index (χ1v) is 7.20. The van der Waals surface area contributed by atoms with Crippen LogP contribution in [0.25, 0.3) is 0 Å². The molecule has 0 bridgehead atoms. The minimum absolute atomic E-state index is 0.0834. The normalized spacial score (nSPS) is 11.0. The van der Waals surface area contributed by atoms with Crippen molar-refractivity contribution in [3.63, 3.8) is 0 Å². The summed E-state index contributed by atoms with van der Waals surface area (Å²) in [5.41, 5.74) is -0.931. The maximum absolute atomic E-state index is 11.8. The molecule has 0 atom stereocenters. The second-order valence-electron chi connectivity index (χ2n) is 4.79. The first-order chi connectivity index (χ1) is 9.95. The van der Waals surface area contributed by atoms with E-state index in [1.165, 1.54) is 0 Å². The van der Waals surface area contributed by atoms with Gasteiger partial charge in [-0.3, -0.25) is 9.59 Å². The first kappa shape index (κ1) is 17.3. The number of hydrogen-bond acceptors (Lipinski definition) is 3. The Morgan fingerprint density at radius 1 is 1.29 bits per heavy atom. The van der Waals surface area contributed by atoms with Crippen molar-refractivity contribution in [2.45, 2.75) is 26.7 Å². The highest BCUT2D eigenvalue weighted by atomic mass is 35.5. The van der Waals surface area contributed by atoms with E-state index in [9.17, 15) is 14.7 Å². The van der Waals surface area contributed by atoms with Crippen molar-refractivity contribution < 1.29 is 19.4 Å². The molecular formula is C15H20ClNO4. The summed E-state index contributed by atoms with van der Waals surface area (Å²) in [6.45, 7) is 3.47. The van der Waals surface area contributed by atoms with Crippen molar-refractivity contribution in [3.8, 4) is 5.75 Å². The number of para-hydroxylation sites is 1. The fourth-order valence-electron chi connectivity index (χ4n) is 1.90. The summed E-state index contributed by atoms with van der Waals surface area (Å²) in [6.07, 6.45) is 0.898. The van der Waals surface area contributed by atoms with Crippen LogP contribution in [-0.4, -0.2) is 30.1 Å². The van der Waals surface area contributed by atoms with Gasteiger partial charge in [0.25, 0.3) is 5.91 Å². The van der Waals surface area contributed by atoms with E-state index in [4.69, 9.17) is 16.3 Å². The minimum atomic E-state index is -0.931. The maximum Gasteiger partial charge on any atom is 0.311 e. The number of amides is 1. The quantitative estimate of drug-likeness (QED) is 0.773. The molecule has 1 aromatic carbocycles. The number of benzene rings is 1. The topological polar surface area (TPSA) is 75.6 Å². The molecule has 0 aromatic heterocycles. The molecule has 1 rings (SSSR count). The molecule has 0 aliphatic carbocycles. The van der Waals surface area contributed by atoms with Gasteiger partial charge < -0.3 is 15.2 Å². The Hall–Kier alpha value is -1.75. The second-order valence-corrected chi connectivity index (χ2v) is 5.20. The molecule has 0 aliphatic heterocycles. The standard InChI is InChI=1S/C15H20ClNO4/c1-3-15(4-2,14(19)20)10-17-13(18)9-21-12-8-6-5-7-11(12)16/h5-8H,3-4,9-10H2,1-2H3,(H,17,18)(H,19,20). The number of nitrogens with one attached hydrogen (secondary N) is 1. The van der Waals surface area contributed by atoms with E-state index in [0.29, 0.717) is 23.6 Å². The molecule has 0 fully saturated rings. The maximum atomic E-state index is 11.8. The van der Waals surface area contributed by atoms with Crippen molar-refractivity contribution in [3.05, 3.63) is 29.3 Å². The van der Waals surface area contributed by atoms with Crippen molar-refractivity contribution in [1.82, 2.24) is 5.32 Å². The molecule has 21 heavy (non-hydrogen) atoms. The number of ether oxygens (including phenoxy) is 1. The molecule has 0 unspecified atom stereocenters. The second kappa shape index (κ2) is 7.88. The lowest BCUT2D eigenvalue weighted by molar-refractivity contribution is -0.149. The van der Waals surface area contributed by atoms with E-state index in [-0.39, 0.29) is 19.1 Å². The fourth-order valence-corrected chi connectivity index (χ4v) is 2.09. The molecule has 6 heteroatoms. The van der Waals surface area contributed by atoms with Crippen LogP contribution in [0, 0.1) is 5.41 Å². The van der Waals surface area contributed by atoms with Gasteiger partial charge in [0.2, 0.25) is 0 Å². The van der Waals surface area contributed by atoms with Gasteiger partial charge in [0, 0.05) is 6.54 Å². The lowest BCUT2D eigenvalue weighted by atomic mass is 9.82. The largest absolute Gasteiger partial charge is 0.482 e. The first-order valence-electron chi connectivity index (χ1n) is 6.82. The molecule has 0 saturated carbocycles. The van der Waals surface area contributed by atoms with Crippen LogP contribution in [0.4, 0.5) is 0 Å². The highest BCUT2D eigenvalue weighted by Crippen LogP contribution is 2.26. The van der Waals surface area contributed by atoms with E-state index in [2.05, 4.69) is 5.32 Å². The van der Waals surface area contributed by atoms with Gasteiger partial charge in [-0.15, -0.1) is 0 Å². The zero-order valence-corrected chi connectivity index (χ0v) is 12.9. The summed E-state index contributed by atoms with van der Waals surface area (Å²) >= 11 is 5.91. The molecule has 0 radical (unpaired) electrons. The van der Waals surface area contributed by atoms with Crippen LogP contribution >= 0.6 is 11.6 Å². The number of carboxylic acid groups (broad SMARTS) is 1. The number of carboxylic acids is 1. The molecule has 2 N–H and O–H groups in total. The third-order valence-corrected chi connectivity index (χ3v) is 3.94. The summed E-state index contributed by atoms with van der Waals surface area (Å²) in [7, 11) is 0. The average molecular weight is 314 g/mol. The van der Waals surface area contributed by atoms with Gasteiger partial charge in [0.15, 0.2) is 6.61 Å². The Morgan fingerprint density at radius 3 is 2.43 bits per heavy atom. The fraction of sp³-hybridized carbons (Fsp3) is 0.467. The molecule has 1 aromatic rings. The lowest BCUT2D eigenvalue weighted by Crippen LogP contribution is -2.43. The lowest BCUT2D eigenvalue weighted by Gasteiger charge is -2.26. The van der Waals surface area contributed by atoms with Gasteiger partial charge in [-0.05, 0) is 25.0 Å². The van der Waals surface area contributed by atoms with Crippen molar-refractivity contribution in [2.24, 2.45) is 5.41 Å². The Morgan fingerprint density at radius 2 is 1.90 bits per heavy atom. The molecular weight excluding hydrogens is 294 g/mol. The summed E-state index contributed by atoms with van der Waals surface area (Å²) in [6, 6.07) is 6.84. The molecule has 0 heterocycles. The number of carbonyl (C=O) groups excluding carboxylic acids is 1. The zero-order valence-electron chi connectivity index (χ0n) is 12.2. The van der Waals surface area contributed by atoms with Crippen LogP contribution in [0.15, 0.2) is 24.3 Å². The van der Waals surface area contributed by atoms with E-state index in [1.807, 2.05) is 0 Å². The number of rotatable bonds is 8. The van der Waals surface area contributed by atoms with E-state index >= 15 is 0 Å². The molecule has 0 spiro atoms. The van der Waals surface area contributed by atoms with Crippen molar-refractivity contribution in [2.75, 3.05) is 13.2 Å². The van der Waals surface area contributed by atoms with Crippen LogP contribution in [-0.2, 0) is 9.59 Å². The number of halogens is 1. The van der Waals surface area contributed by atoms with Gasteiger partial charge in [-0.1, -0.05) is 37.6 Å². The smallest absolute Gasteiger partial charge is 0.311 e. The van der Waals surface area contributed by atoms with Crippen LogP contribution < -0.4 is 10.1 Å². The number of carbonyl (C=O) groups is 2. The molecule has 0 aliphatic rings. The van der Waals surface area contributed by atoms with Gasteiger partial charge >= 0.3 is 5.97 Å². The monoisotopic (exact) mass is 313 g/mol. The zero-order chi connectivity index (χ0) is 15.9. The molecule has 116 valence electrons. The predicted octanol–water partition coefficient (Wildman–Crippen LogP) is 2.73. The van der Waals surface area contributed by atoms with Gasteiger partial charge in [-0.25, -0.2) is 0 Å². The average Bonchev–Trinajstić information content (AvgIpc) is 2.47. The minimum Gasteiger partial charge on any atom is -0.482 e. The van der Waals surface area contributed by atoms with Crippen LogP contribution in [0.1, 0.15) is 26.7 Å². The molecule has 0 saturated heterocycles. The highest BCUT2D eigenvalue weighted by Gasteiger charge is 2.35. The molecule has 1 amide bonds. The summed E-state index contributed by atoms with van der Waals surface area (Å²) < 4.78 is 5.30.